The van der Waals surface area contributed by atoms with Gasteiger partial charge in [-0.1, -0.05) is 19.8 Å². The minimum Gasteiger partial charge on any atom is -0.356 e. The van der Waals surface area contributed by atoms with Gasteiger partial charge in [-0.2, -0.15) is 0 Å². The van der Waals surface area contributed by atoms with Crippen LogP contribution in [0, 0.1) is 6.92 Å². The van der Waals surface area contributed by atoms with Crippen molar-refractivity contribution in [1.29, 1.82) is 0 Å². The van der Waals surface area contributed by atoms with Crippen LogP contribution < -0.4 is 5.32 Å². The highest BCUT2D eigenvalue weighted by Crippen LogP contribution is 2.27. The summed E-state index contributed by atoms with van der Waals surface area (Å²) in [6.45, 7) is 4.88. The number of aryl methyl sites for hydroxylation is 1. The van der Waals surface area contributed by atoms with Crippen LogP contribution in [0.4, 0.5) is 0 Å². The SMILES string of the molecule is CCCCCNC(=O)Cc1sc(-c2ccncc2)nc1C. The van der Waals surface area contributed by atoms with Crippen molar-refractivity contribution in [3.05, 3.63) is 35.1 Å². The normalized spacial score (nSPS) is 10.6. The molecule has 0 bridgehead atoms. The minimum atomic E-state index is 0.0825. The topological polar surface area (TPSA) is 54.9 Å². The molecular formula is C16H21N3OS. The van der Waals surface area contributed by atoms with Gasteiger partial charge in [0.2, 0.25) is 5.91 Å². The van der Waals surface area contributed by atoms with E-state index >= 15 is 0 Å². The predicted octanol–water partition coefficient (Wildman–Crippen LogP) is 3.36. The number of unbranched alkanes of at least 4 members (excludes halogenated alkanes) is 2. The first-order valence-electron chi connectivity index (χ1n) is 7.34. The van der Waals surface area contributed by atoms with Gasteiger partial charge < -0.3 is 5.32 Å². The molecule has 0 spiro atoms. The number of carbonyl (C=O) groups is 1. The highest BCUT2D eigenvalue weighted by molar-refractivity contribution is 7.15. The van der Waals surface area contributed by atoms with E-state index in [-0.39, 0.29) is 5.91 Å². The van der Waals surface area contributed by atoms with Crippen molar-refractivity contribution in [1.82, 2.24) is 15.3 Å². The van der Waals surface area contributed by atoms with Crippen LogP contribution in [0.25, 0.3) is 10.6 Å². The number of thiazole rings is 1. The molecule has 2 heterocycles. The highest BCUT2D eigenvalue weighted by atomic mass is 32.1. The number of aromatic nitrogens is 2. The molecular weight excluding hydrogens is 282 g/mol. The van der Waals surface area contributed by atoms with E-state index in [1.807, 2.05) is 19.1 Å². The van der Waals surface area contributed by atoms with Crippen molar-refractivity contribution in [2.75, 3.05) is 6.54 Å². The Balaban J connectivity index is 1.95. The average Bonchev–Trinajstić information content (AvgIpc) is 2.86. The third-order valence-electron chi connectivity index (χ3n) is 3.24. The van der Waals surface area contributed by atoms with Crippen LogP contribution in [-0.2, 0) is 11.2 Å². The zero-order chi connectivity index (χ0) is 15.1. The molecule has 0 aliphatic heterocycles. The lowest BCUT2D eigenvalue weighted by Gasteiger charge is -2.03. The summed E-state index contributed by atoms with van der Waals surface area (Å²) in [6.07, 6.45) is 7.30. The molecule has 0 aliphatic carbocycles. The fourth-order valence-corrected chi connectivity index (χ4v) is 3.09. The molecule has 0 saturated carbocycles. The molecule has 0 fully saturated rings. The first-order valence-corrected chi connectivity index (χ1v) is 8.15. The lowest BCUT2D eigenvalue weighted by atomic mass is 10.2. The number of nitrogens with one attached hydrogen (secondary N) is 1. The molecule has 0 saturated heterocycles. The summed E-state index contributed by atoms with van der Waals surface area (Å²) >= 11 is 1.58. The zero-order valence-electron chi connectivity index (χ0n) is 12.6. The van der Waals surface area contributed by atoms with E-state index in [0.29, 0.717) is 6.42 Å². The Bertz CT molecular complexity index is 580. The van der Waals surface area contributed by atoms with Crippen molar-refractivity contribution in [3.8, 4) is 10.6 Å². The predicted molar refractivity (Wildman–Crippen MR) is 86.3 cm³/mol. The molecule has 21 heavy (non-hydrogen) atoms. The molecule has 112 valence electrons. The van der Waals surface area contributed by atoms with Crippen LogP contribution in [0.1, 0.15) is 36.8 Å². The van der Waals surface area contributed by atoms with Crippen molar-refractivity contribution in [2.24, 2.45) is 0 Å². The lowest BCUT2D eigenvalue weighted by molar-refractivity contribution is -0.120. The lowest BCUT2D eigenvalue weighted by Crippen LogP contribution is -2.25. The maximum atomic E-state index is 11.9. The van der Waals surface area contributed by atoms with Crippen molar-refractivity contribution in [2.45, 2.75) is 39.5 Å². The molecule has 2 aromatic heterocycles. The summed E-state index contributed by atoms with van der Waals surface area (Å²) in [5, 5.41) is 3.92. The summed E-state index contributed by atoms with van der Waals surface area (Å²) < 4.78 is 0. The molecule has 2 aromatic rings. The standard InChI is InChI=1S/C16H21N3OS/c1-3-4-5-8-18-15(20)11-14-12(2)19-16(21-14)13-6-9-17-10-7-13/h6-7,9-10H,3-5,8,11H2,1-2H3,(H,18,20). The maximum Gasteiger partial charge on any atom is 0.225 e. The molecule has 1 amide bonds. The summed E-state index contributed by atoms with van der Waals surface area (Å²) in [6, 6.07) is 3.87. The molecule has 0 aromatic carbocycles. The number of hydrogen-bond donors (Lipinski definition) is 1. The second-order valence-corrected chi connectivity index (χ2v) is 6.08. The van der Waals surface area contributed by atoms with Gasteiger partial charge in [0.25, 0.3) is 0 Å². The van der Waals surface area contributed by atoms with Crippen LogP contribution in [0.2, 0.25) is 0 Å². The molecule has 1 N–H and O–H groups in total. The van der Waals surface area contributed by atoms with E-state index in [1.54, 1.807) is 23.7 Å². The van der Waals surface area contributed by atoms with Crippen molar-refractivity contribution >= 4 is 17.2 Å². The first kappa shape index (κ1) is 15.6. The molecule has 5 heteroatoms. The van der Waals surface area contributed by atoms with E-state index < -0.39 is 0 Å². The largest absolute Gasteiger partial charge is 0.356 e. The molecule has 2 rings (SSSR count). The van der Waals surface area contributed by atoms with Crippen LogP contribution in [0.5, 0.6) is 0 Å². The van der Waals surface area contributed by atoms with E-state index in [4.69, 9.17) is 0 Å². The van der Waals surface area contributed by atoms with Crippen LogP contribution in [0.3, 0.4) is 0 Å². The summed E-state index contributed by atoms with van der Waals surface area (Å²) in [4.78, 5) is 21.5. The zero-order valence-corrected chi connectivity index (χ0v) is 13.4. The molecule has 0 unspecified atom stereocenters. The second kappa shape index (κ2) is 7.88. The minimum absolute atomic E-state index is 0.0825. The number of nitrogens with zero attached hydrogens (tertiary/aromatic N) is 2. The Hall–Kier alpha value is -1.75. The van der Waals surface area contributed by atoms with Crippen molar-refractivity contribution < 1.29 is 4.79 Å². The van der Waals surface area contributed by atoms with Gasteiger partial charge in [0.05, 0.1) is 12.1 Å². The Morgan fingerprint density at radius 2 is 2.05 bits per heavy atom. The maximum absolute atomic E-state index is 11.9. The van der Waals surface area contributed by atoms with Gasteiger partial charge in [-0.3, -0.25) is 9.78 Å². The number of hydrogen-bond acceptors (Lipinski definition) is 4. The van der Waals surface area contributed by atoms with Gasteiger partial charge in [-0.15, -0.1) is 11.3 Å². The summed E-state index contributed by atoms with van der Waals surface area (Å²) in [5.74, 6) is 0.0825. The number of pyridine rings is 1. The third kappa shape index (κ3) is 4.63. The van der Waals surface area contributed by atoms with Crippen LogP contribution in [-0.4, -0.2) is 22.4 Å². The monoisotopic (exact) mass is 303 g/mol. The quantitative estimate of drug-likeness (QED) is 0.798. The Morgan fingerprint density at radius 1 is 1.29 bits per heavy atom. The smallest absolute Gasteiger partial charge is 0.225 e. The summed E-state index contributed by atoms with van der Waals surface area (Å²) in [5.41, 5.74) is 1.99. The van der Waals surface area contributed by atoms with Gasteiger partial charge in [0.15, 0.2) is 0 Å². The number of carbonyl (C=O) groups excluding carboxylic acids is 1. The van der Waals surface area contributed by atoms with Crippen LogP contribution >= 0.6 is 11.3 Å². The average molecular weight is 303 g/mol. The van der Waals surface area contributed by atoms with E-state index in [1.165, 1.54) is 6.42 Å². The van der Waals surface area contributed by atoms with Gasteiger partial charge in [-0.05, 0) is 25.5 Å². The van der Waals surface area contributed by atoms with E-state index in [0.717, 1.165) is 40.5 Å². The van der Waals surface area contributed by atoms with E-state index in [2.05, 4.69) is 22.2 Å². The molecule has 0 atom stereocenters. The number of rotatable bonds is 7. The van der Waals surface area contributed by atoms with Gasteiger partial charge >= 0.3 is 0 Å². The Morgan fingerprint density at radius 3 is 2.76 bits per heavy atom. The van der Waals surface area contributed by atoms with Crippen molar-refractivity contribution in [3.63, 3.8) is 0 Å². The van der Waals surface area contributed by atoms with Crippen LogP contribution in [0.15, 0.2) is 24.5 Å². The fraction of sp³-hybridized carbons (Fsp3) is 0.438. The summed E-state index contributed by atoms with van der Waals surface area (Å²) in [7, 11) is 0. The molecule has 0 aliphatic rings. The third-order valence-corrected chi connectivity index (χ3v) is 4.45. The molecule has 4 nitrogen and oxygen atoms in total. The highest BCUT2D eigenvalue weighted by Gasteiger charge is 2.12. The Labute approximate surface area is 129 Å². The fourth-order valence-electron chi connectivity index (χ4n) is 2.02. The Kier molecular flexibility index (Phi) is 5.87. The van der Waals surface area contributed by atoms with Gasteiger partial charge in [-0.25, -0.2) is 4.98 Å². The number of amides is 1. The molecule has 0 radical (unpaired) electrons. The second-order valence-electron chi connectivity index (χ2n) is 5.00. The van der Waals surface area contributed by atoms with Gasteiger partial charge in [0, 0.05) is 29.4 Å². The van der Waals surface area contributed by atoms with E-state index in [9.17, 15) is 4.79 Å². The van der Waals surface area contributed by atoms with Gasteiger partial charge in [0.1, 0.15) is 5.01 Å². The first-order chi connectivity index (χ1) is 10.2.